The van der Waals surface area contributed by atoms with Crippen LogP contribution in [0, 0.1) is 0 Å². The average Bonchev–Trinajstić information content (AvgIpc) is 2.96. The fraction of sp³-hybridized carbons (Fsp3) is 0.786. The molecule has 0 saturated carbocycles. The van der Waals surface area contributed by atoms with E-state index in [1.165, 1.54) is 28.6 Å². The van der Waals surface area contributed by atoms with Gasteiger partial charge in [0.05, 0.1) is 5.69 Å². The molecule has 0 aromatic carbocycles. The van der Waals surface area contributed by atoms with Crippen molar-refractivity contribution in [3.05, 3.63) is 16.1 Å². The van der Waals surface area contributed by atoms with Crippen LogP contribution in [0.3, 0.4) is 0 Å². The number of nitrogens with one attached hydrogen (secondary N) is 1. The maximum absolute atomic E-state index is 4.73. The molecule has 2 heterocycles. The van der Waals surface area contributed by atoms with Gasteiger partial charge in [-0.2, -0.15) is 11.8 Å². The Balaban J connectivity index is 1.83. The van der Waals surface area contributed by atoms with Gasteiger partial charge in [-0.1, -0.05) is 0 Å². The monoisotopic (exact) mass is 299 g/mol. The SMILES string of the molecule is CN(Cc1csc(CNC(C)(C)C)n1)C1CCSC1. The quantitative estimate of drug-likeness (QED) is 0.905. The van der Waals surface area contributed by atoms with Gasteiger partial charge in [0.1, 0.15) is 5.01 Å². The lowest BCUT2D eigenvalue weighted by molar-refractivity contribution is 0.252. The number of nitrogens with zero attached hydrogens (tertiary/aromatic N) is 2. The first-order valence-corrected chi connectivity index (χ1v) is 8.94. The highest BCUT2D eigenvalue weighted by Gasteiger charge is 2.20. The van der Waals surface area contributed by atoms with Crippen LogP contribution >= 0.6 is 23.1 Å². The van der Waals surface area contributed by atoms with Crippen molar-refractivity contribution in [3.63, 3.8) is 0 Å². The molecule has 108 valence electrons. The Bertz CT molecular complexity index is 392. The highest BCUT2D eigenvalue weighted by Crippen LogP contribution is 2.23. The minimum Gasteiger partial charge on any atom is -0.306 e. The molecule has 0 spiro atoms. The van der Waals surface area contributed by atoms with E-state index in [2.05, 4.69) is 55.2 Å². The van der Waals surface area contributed by atoms with Gasteiger partial charge in [0.25, 0.3) is 0 Å². The van der Waals surface area contributed by atoms with Gasteiger partial charge in [-0.3, -0.25) is 4.90 Å². The van der Waals surface area contributed by atoms with Crippen molar-refractivity contribution in [2.45, 2.75) is 51.9 Å². The number of thiazole rings is 1. The van der Waals surface area contributed by atoms with Crippen LogP contribution < -0.4 is 5.32 Å². The van der Waals surface area contributed by atoms with Gasteiger partial charge in [-0.05, 0) is 40.0 Å². The fourth-order valence-electron chi connectivity index (χ4n) is 2.10. The highest BCUT2D eigenvalue weighted by molar-refractivity contribution is 7.99. The van der Waals surface area contributed by atoms with E-state index in [9.17, 15) is 0 Å². The summed E-state index contributed by atoms with van der Waals surface area (Å²) < 4.78 is 0. The Kier molecular flexibility index (Phi) is 5.29. The molecular weight excluding hydrogens is 274 g/mol. The van der Waals surface area contributed by atoms with Crippen molar-refractivity contribution in [2.24, 2.45) is 0 Å². The first-order valence-electron chi connectivity index (χ1n) is 6.90. The molecule has 1 aliphatic heterocycles. The van der Waals surface area contributed by atoms with Crippen LogP contribution in [0.4, 0.5) is 0 Å². The summed E-state index contributed by atoms with van der Waals surface area (Å²) in [5.74, 6) is 2.59. The van der Waals surface area contributed by atoms with Crippen molar-refractivity contribution >= 4 is 23.1 Å². The zero-order chi connectivity index (χ0) is 13.9. The summed E-state index contributed by atoms with van der Waals surface area (Å²) >= 11 is 3.84. The molecule has 2 rings (SSSR count). The molecule has 0 radical (unpaired) electrons. The Morgan fingerprint density at radius 2 is 2.26 bits per heavy atom. The van der Waals surface area contributed by atoms with E-state index >= 15 is 0 Å². The van der Waals surface area contributed by atoms with Crippen LogP contribution in [0.1, 0.15) is 37.9 Å². The molecule has 1 aliphatic rings. The Morgan fingerprint density at radius 3 is 2.89 bits per heavy atom. The van der Waals surface area contributed by atoms with E-state index in [0.717, 1.165) is 19.1 Å². The number of hydrogen-bond acceptors (Lipinski definition) is 5. The maximum atomic E-state index is 4.73. The summed E-state index contributed by atoms with van der Waals surface area (Å²) in [5, 5.41) is 6.89. The minimum atomic E-state index is 0.156. The largest absolute Gasteiger partial charge is 0.306 e. The summed E-state index contributed by atoms with van der Waals surface area (Å²) in [6.45, 7) is 8.42. The third kappa shape index (κ3) is 5.06. The maximum Gasteiger partial charge on any atom is 0.107 e. The molecule has 1 aromatic heterocycles. The Morgan fingerprint density at radius 1 is 1.47 bits per heavy atom. The molecular formula is C14H25N3S2. The summed E-state index contributed by atoms with van der Waals surface area (Å²) in [5.41, 5.74) is 1.37. The lowest BCUT2D eigenvalue weighted by atomic mass is 10.1. The number of rotatable bonds is 5. The van der Waals surface area contributed by atoms with Crippen LogP contribution in [-0.2, 0) is 13.1 Å². The summed E-state index contributed by atoms with van der Waals surface area (Å²) in [6, 6.07) is 0.739. The van der Waals surface area contributed by atoms with Crippen LogP contribution in [-0.4, -0.2) is 40.0 Å². The van der Waals surface area contributed by atoms with Gasteiger partial charge in [0.15, 0.2) is 0 Å². The second-order valence-corrected chi connectivity index (χ2v) is 8.36. The third-order valence-electron chi connectivity index (χ3n) is 3.31. The van der Waals surface area contributed by atoms with Gasteiger partial charge < -0.3 is 5.32 Å². The average molecular weight is 300 g/mol. The van der Waals surface area contributed by atoms with Crippen LogP contribution in [0.5, 0.6) is 0 Å². The molecule has 1 aromatic rings. The number of aromatic nitrogens is 1. The highest BCUT2D eigenvalue weighted by atomic mass is 32.2. The molecule has 1 fully saturated rings. The first-order chi connectivity index (χ1) is 8.94. The molecule has 5 heteroatoms. The molecule has 1 saturated heterocycles. The molecule has 3 nitrogen and oxygen atoms in total. The van der Waals surface area contributed by atoms with E-state index in [0.29, 0.717) is 0 Å². The number of thioether (sulfide) groups is 1. The second-order valence-electron chi connectivity index (χ2n) is 6.27. The smallest absolute Gasteiger partial charge is 0.107 e. The molecule has 0 aliphatic carbocycles. The lowest BCUT2D eigenvalue weighted by Gasteiger charge is -2.22. The third-order valence-corrected chi connectivity index (χ3v) is 5.35. The standard InChI is InChI=1S/C14H25N3S2/c1-14(2,3)15-7-13-16-11(9-19-13)8-17(4)12-5-6-18-10-12/h9,12,15H,5-8,10H2,1-4H3. The molecule has 1 unspecified atom stereocenters. The molecule has 1 N–H and O–H groups in total. The van der Waals surface area contributed by atoms with Gasteiger partial charge in [0, 0.05) is 35.8 Å². The zero-order valence-electron chi connectivity index (χ0n) is 12.4. The second kappa shape index (κ2) is 6.57. The molecule has 0 amide bonds. The Labute approximate surface area is 125 Å². The van der Waals surface area contributed by atoms with Gasteiger partial charge in [0.2, 0.25) is 0 Å². The zero-order valence-corrected chi connectivity index (χ0v) is 14.0. The minimum absolute atomic E-state index is 0.156. The summed E-state index contributed by atoms with van der Waals surface area (Å²) in [6.07, 6.45) is 1.32. The van der Waals surface area contributed by atoms with E-state index in [4.69, 9.17) is 4.98 Å². The number of hydrogen-bond donors (Lipinski definition) is 1. The van der Waals surface area contributed by atoms with Crippen molar-refractivity contribution in [2.75, 3.05) is 18.6 Å². The van der Waals surface area contributed by atoms with Crippen molar-refractivity contribution in [1.82, 2.24) is 15.2 Å². The van der Waals surface area contributed by atoms with E-state index in [1.54, 1.807) is 11.3 Å². The van der Waals surface area contributed by atoms with Crippen LogP contribution in [0.15, 0.2) is 5.38 Å². The predicted molar refractivity (Wildman–Crippen MR) is 85.9 cm³/mol. The Hall–Kier alpha value is -0.100. The van der Waals surface area contributed by atoms with Gasteiger partial charge in [-0.15, -0.1) is 11.3 Å². The van der Waals surface area contributed by atoms with Crippen LogP contribution in [0.25, 0.3) is 0 Å². The molecule has 0 bridgehead atoms. The normalized spacial score (nSPS) is 20.4. The van der Waals surface area contributed by atoms with E-state index in [1.807, 2.05) is 0 Å². The summed E-state index contributed by atoms with van der Waals surface area (Å²) in [7, 11) is 2.23. The summed E-state index contributed by atoms with van der Waals surface area (Å²) in [4.78, 5) is 7.19. The van der Waals surface area contributed by atoms with Crippen molar-refractivity contribution in [3.8, 4) is 0 Å². The molecule has 19 heavy (non-hydrogen) atoms. The lowest BCUT2D eigenvalue weighted by Crippen LogP contribution is -2.35. The first kappa shape index (κ1) is 15.3. The molecule has 1 atom stereocenters. The van der Waals surface area contributed by atoms with Crippen LogP contribution in [0.2, 0.25) is 0 Å². The van der Waals surface area contributed by atoms with Gasteiger partial charge >= 0.3 is 0 Å². The fourth-order valence-corrected chi connectivity index (χ4v) is 4.12. The van der Waals surface area contributed by atoms with E-state index < -0.39 is 0 Å². The van der Waals surface area contributed by atoms with E-state index in [-0.39, 0.29) is 5.54 Å². The predicted octanol–water partition coefficient (Wildman–Crippen LogP) is 2.97. The van der Waals surface area contributed by atoms with Crippen molar-refractivity contribution < 1.29 is 0 Å². The van der Waals surface area contributed by atoms with Gasteiger partial charge in [-0.25, -0.2) is 4.98 Å². The topological polar surface area (TPSA) is 28.2 Å². The van der Waals surface area contributed by atoms with Crippen molar-refractivity contribution in [1.29, 1.82) is 0 Å².